The number of rotatable bonds is 6. The molecular weight excluding hydrogens is 315 g/mol. The average molecular weight is 346 g/mol. The molecule has 0 aromatic heterocycles. The third-order valence-electron chi connectivity index (χ3n) is 3.59. The summed E-state index contributed by atoms with van der Waals surface area (Å²) >= 11 is 0. The topological polar surface area (TPSA) is 54.4 Å². The van der Waals surface area contributed by atoms with Gasteiger partial charge >= 0.3 is 0 Å². The number of hydrogen-bond donors (Lipinski definition) is 1. The minimum absolute atomic E-state index is 0.0666. The molecule has 0 spiro atoms. The molecule has 0 radical (unpaired) electrons. The van der Waals surface area contributed by atoms with Crippen LogP contribution in [0.5, 0.6) is 0 Å². The lowest BCUT2D eigenvalue weighted by Gasteiger charge is -2.29. The molecule has 0 aliphatic rings. The van der Waals surface area contributed by atoms with Crippen molar-refractivity contribution in [2.75, 3.05) is 0 Å². The summed E-state index contributed by atoms with van der Waals surface area (Å²) in [4.78, 5) is -0.0666. The highest BCUT2D eigenvalue weighted by Gasteiger charge is 2.21. The van der Waals surface area contributed by atoms with E-state index in [1.807, 2.05) is 6.92 Å². The first kappa shape index (κ1) is 21.6. The van der Waals surface area contributed by atoms with Crippen LogP contribution in [0.25, 0.3) is 0 Å². The molecule has 1 aromatic rings. The lowest BCUT2D eigenvalue weighted by Crippen LogP contribution is -2.21. The summed E-state index contributed by atoms with van der Waals surface area (Å²) in [5.74, 6) is 0.832. The molecule has 128 valence electrons. The van der Waals surface area contributed by atoms with Gasteiger partial charge < -0.3 is 0 Å². The molecule has 0 saturated carbocycles. The van der Waals surface area contributed by atoms with Crippen molar-refractivity contribution in [3.8, 4) is 0 Å². The Bertz CT molecular complexity index is 523. The van der Waals surface area contributed by atoms with Crippen molar-refractivity contribution in [1.82, 2.24) is 0 Å². The average Bonchev–Trinajstić information content (AvgIpc) is 2.38. The minimum Gasteiger partial charge on any atom is -0.282 e. The zero-order valence-corrected chi connectivity index (χ0v) is 16.4. The predicted molar refractivity (Wildman–Crippen MR) is 98.1 cm³/mol. The van der Waals surface area contributed by atoms with Gasteiger partial charge in [0.15, 0.2) is 0 Å². The van der Waals surface area contributed by atoms with Crippen LogP contribution in [-0.2, 0) is 10.1 Å². The van der Waals surface area contributed by atoms with Crippen LogP contribution >= 0.6 is 9.24 Å². The Hall–Kier alpha value is -0.440. The van der Waals surface area contributed by atoms with Gasteiger partial charge in [-0.3, -0.25) is 4.55 Å². The molecule has 0 heterocycles. The van der Waals surface area contributed by atoms with Crippen LogP contribution in [0.1, 0.15) is 58.9 Å². The van der Waals surface area contributed by atoms with E-state index in [2.05, 4.69) is 36.9 Å². The van der Waals surface area contributed by atoms with Crippen molar-refractivity contribution in [3.05, 3.63) is 29.8 Å². The van der Waals surface area contributed by atoms with Gasteiger partial charge in [0.1, 0.15) is 0 Å². The van der Waals surface area contributed by atoms with Crippen LogP contribution in [0.15, 0.2) is 29.2 Å². The van der Waals surface area contributed by atoms with Crippen molar-refractivity contribution in [2.24, 2.45) is 5.92 Å². The maximum Gasteiger partial charge on any atom is 0.294 e. The SMILES string of the molecule is CCCC(P)(CC)CC(C)C.Cc1ccc(S(=O)(=O)O)cc1. The van der Waals surface area contributed by atoms with Crippen molar-refractivity contribution in [2.45, 2.75) is 70.4 Å². The van der Waals surface area contributed by atoms with E-state index in [1.54, 1.807) is 12.1 Å². The summed E-state index contributed by atoms with van der Waals surface area (Å²) in [5.41, 5.74) is 0.956. The fourth-order valence-corrected chi connectivity index (χ4v) is 3.68. The van der Waals surface area contributed by atoms with Crippen LogP contribution in [0.2, 0.25) is 0 Å². The molecule has 0 saturated heterocycles. The number of aryl methyl sites for hydroxylation is 1. The van der Waals surface area contributed by atoms with E-state index in [9.17, 15) is 8.42 Å². The van der Waals surface area contributed by atoms with Crippen molar-refractivity contribution in [3.63, 3.8) is 0 Å². The molecular formula is C17H31O3PS. The Morgan fingerprint density at radius 2 is 1.68 bits per heavy atom. The minimum atomic E-state index is -4.02. The monoisotopic (exact) mass is 346 g/mol. The van der Waals surface area contributed by atoms with Crippen molar-refractivity contribution < 1.29 is 13.0 Å². The van der Waals surface area contributed by atoms with Crippen molar-refractivity contribution >= 4 is 19.4 Å². The molecule has 1 N–H and O–H groups in total. The fourth-order valence-electron chi connectivity index (χ4n) is 2.44. The van der Waals surface area contributed by atoms with E-state index in [0.717, 1.165) is 11.5 Å². The third kappa shape index (κ3) is 8.87. The zero-order valence-electron chi connectivity index (χ0n) is 14.5. The van der Waals surface area contributed by atoms with E-state index in [-0.39, 0.29) is 4.90 Å². The Balaban J connectivity index is 0.000000401. The normalized spacial score (nSPS) is 14.2. The summed E-state index contributed by atoms with van der Waals surface area (Å²) in [6.07, 6.45) is 5.31. The molecule has 5 heteroatoms. The molecule has 2 unspecified atom stereocenters. The maximum atomic E-state index is 10.5. The Kier molecular flexibility index (Phi) is 9.45. The van der Waals surface area contributed by atoms with Gasteiger partial charge in [-0.25, -0.2) is 0 Å². The van der Waals surface area contributed by atoms with E-state index in [1.165, 1.54) is 37.8 Å². The molecule has 0 bridgehead atoms. The molecule has 0 aliphatic carbocycles. The standard InChI is InChI=1S/C10H23P.C7H8O3S/c1-5-7-10(11,6-2)8-9(3)4;1-6-2-4-7(5-3-6)11(8,9)10/h9H,5-8,11H2,1-4H3;2-5H,1H3,(H,8,9,10). The fraction of sp³-hybridized carbons (Fsp3) is 0.647. The van der Waals surface area contributed by atoms with Crippen LogP contribution < -0.4 is 0 Å². The number of hydrogen-bond acceptors (Lipinski definition) is 2. The second-order valence-corrected chi connectivity index (χ2v) is 9.00. The van der Waals surface area contributed by atoms with Gasteiger partial charge in [-0.05, 0) is 49.4 Å². The highest BCUT2D eigenvalue weighted by Crippen LogP contribution is 2.34. The van der Waals surface area contributed by atoms with Gasteiger partial charge in [0, 0.05) is 0 Å². The lowest BCUT2D eigenvalue weighted by molar-refractivity contribution is 0.413. The van der Waals surface area contributed by atoms with Gasteiger partial charge in [0.25, 0.3) is 10.1 Å². The molecule has 3 nitrogen and oxygen atoms in total. The summed E-state index contributed by atoms with van der Waals surface area (Å²) < 4.78 is 29.6. The summed E-state index contributed by atoms with van der Waals surface area (Å²) in [7, 11) is -0.962. The quantitative estimate of drug-likeness (QED) is 0.576. The lowest BCUT2D eigenvalue weighted by atomic mass is 9.90. The van der Waals surface area contributed by atoms with Gasteiger partial charge in [-0.2, -0.15) is 8.42 Å². The van der Waals surface area contributed by atoms with Crippen LogP contribution in [0.3, 0.4) is 0 Å². The van der Waals surface area contributed by atoms with Crippen LogP contribution in [-0.4, -0.2) is 18.1 Å². The molecule has 0 amide bonds. The Morgan fingerprint density at radius 1 is 1.18 bits per heavy atom. The van der Waals surface area contributed by atoms with Crippen LogP contribution in [0, 0.1) is 12.8 Å². The van der Waals surface area contributed by atoms with Gasteiger partial charge in [0.2, 0.25) is 0 Å². The third-order valence-corrected chi connectivity index (χ3v) is 5.39. The van der Waals surface area contributed by atoms with Gasteiger partial charge in [-0.1, -0.05) is 51.8 Å². The number of benzene rings is 1. The summed E-state index contributed by atoms with van der Waals surface area (Å²) in [6, 6.07) is 5.99. The first-order chi connectivity index (χ1) is 10.0. The molecule has 0 fully saturated rings. The predicted octanol–water partition coefficient (Wildman–Crippen LogP) is 5.10. The van der Waals surface area contributed by atoms with Crippen molar-refractivity contribution in [1.29, 1.82) is 0 Å². The molecule has 1 aromatic carbocycles. The van der Waals surface area contributed by atoms with E-state index >= 15 is 0 Å². The molecule has 0 aliphatic heterocycles. The smallest absolute Gasteiger partial charge is 0.282 e. The van der Waals surface area contributed by atoms with Gasteiger partial charge in [-0.15, -0.1) is 9.24 Å². The first-order valence-electron chi connectivity index (χ1n) is 7.87. The second-order valence-electron chi connectivity index (χ2n) is 6.35. The maximum absolute atomic E-state index is 10.5. The molecule has 1 rings (SSSR count). The Morgan fingerprint density at radius 3 is 2.00 bits per heavy atom. The molecule has 22 heavy (non-hydrogen) atoms. The highest BCUT2D eigenvalue weighted by atomic mass is 32.2. The van der Waals surface area contributed by atoms with Crippen LogP contribution in [0.4, 0.5) is 0 Å². The first-order valence-corrected chi connectivity index (χ1v) is 9.89. The van der Waals surface area contributed by atoms with Gasteiger partial charge in [0.05, 0.1) is 4.90 Å². The summed E-state index contributed by atoms with van der Waals surface area (Å²) in [6.45, 7) is 11.0. The zero-order chi connectivity index (χ0) is 17.4. The largest absolute Gasteiger partial charge is 0.294 e. The highest BCUT2D eigenvalue weighted by molar-refractivity contribution is 7.85. The van der Waals surface area contributed by atoms with E-state index in [4.69, 9.17) is 4.55 Å². The molecule has 2 atom stereocenters. The summed E-state index contributed by atoms with van der Waals surface area (Å²) in [5, 5.41) is 0.531. The second kappa shape index (κ2) is 9.64. The van der Waals surface area contributed by atoms with E-state index in [0.29, 0.717) is 5.16 Å². The van der Waals surface area contributed by atoms with E-state index < -0.39 is 10.1 Å². The Labute approximate surface area is 138 Å².